The Bertz CT molecular complexity index is 1200. The summed E-state index contributed by atoms with van der Waals surface area (Å²) in [6.07, 6.45) is 0. The number of aromatic nitrogens is 2. The van der Waals surface area contributed by atoms with E-state index in [9.17, 15) is 4.79 Å². The topological polar surface area (TPSA) is 52.8 Å². The molecular formula is C17H11Br3N2O3. The highest BCUT2D eigenvalue weighted by molar-refractivity contribution is 9.11. The normalized spacial score (nSPS) is 11.7. The molecule has 128 valence electrons. The van der Waals surface area contributed by atoms with E-state index in [0.29, 0.717) is 37.6 Å². The number of benzene rings is 2. The van der Waals surface area contributed by atoms with E-state index < -0.39 is 0 Å². The Balaban J connectivity index is 2.45. The molecule has 2 heterocycles. The lowest BCUT2D eigenvalue weighted by Crippen LogP contribution is -2.10. The maximum atomic E-state index is 13.4. The quantitative estimate of drug-likeness (QED) is 0.280. The Kier molecular flexibility index (Phi) is 4.16. The third-order valence-corrected chi connectivity index (χ3v) is 6.04. The molecule has 0 aliphatic heterocycles. The molecule has 0 fully saturated rings. The molecule has 0 aliphatic carbocycles. The van der Waals surface area contributed by atoms with Crippen molar-refractivity contribution in [2.24, 2.45) is 0 Å². The van der Waals surface area contributed by atoms with Crippen molar-refractivity contribution in [3.63, 3.8) is 0 Å². The van der Waals surface area contributed by atoms with Crippen LogP contribution in [0.4, 0.5) is 0 Å². The Morgan fingerprint density at radius 3 is 2.48 bits per heavy atom. The van der Waals surface area contributed by atoms with Gasteiger partial charge in [-0.3, -0.25) is 4.79 Å². The molecule has 4 rings (SSSR count). The smallest absolute Gasteiger partial charge is 0.202 e. The Morgan fingerprint density at radius 2 is 1.84 bits per heavy atom. The predicted octanol–water partition coefficient (Wildman–Crippen LogP) is 4.88. The van der Waals surface area contributed by atoms with Crippen LogP contribution in [0, 0.1) is 0 Å². The third kappa shape index (κ3) is 2.23. The van der Waals surface area contributed by atoms with Crippen LogP contribution in [0.2, 0.25) is 0 Å². The monoisotopic (exact) mass is 528 g/mol. The minimum absolute atomic E-state index is 0.127. The average Bonchev–Trinajstić information content (AvgIpc) is 2.98. The number of hydrogen-bond donors (Lipinski definition) is 0. The van der Waals surface area contributed by atoms with Gasteiger partial charge in [-0.25, -0.2) is 4.52 Å². The fourth-order valence-electron chi connectivity index (χ4n) is 3.22. The molecule has 0 bridgehead atoms. The molecule has 0 saturated heterocycles. The SMILES string of the molecule is COc1c(Br)cc(OC)c2c1c(=O)c1c(Br)ccc3c(CBr)nn2c31. The first-order chi connectivity index (χ1) is 12.0. The van der Waals surface area contributed by atoms with Crippen molar-refractivity contribution in [1.82, 2.24) is 9.61 Å². The summed E-state index contributed by atoms with van der Waals surface area (Å²) >= 11 is 10.5. The zero-order chi connectivity index (χ0) is 17.9. The molecule has 0 radical (unpaired) electrons. The summed E-state index contributed by atoms with van der Waals surface area (Å²) in [6, 6.07) is 5.62. The Hall–Kier alpha value is -1.38. The van der Waals surface area contributed by atoms with Crippen LogP contribution in [-0.2, 0) is 5.33 Å². The molecule has 25 heavy (non-hydrogen) atoms. The van der Waals surface area contributed by atoms with Crippen molar-refractivity contribution in [1.29, 1.82) is 0 Å². The standard InChI is InChI=1S/C17H11Br3N2O3/c1-24-11-5-9(20)17(25-2)13-15(11)22-14-7(10(6-18)21-22)3-4-8(19)12(14)16(13)23/h3-5H,6H2,1-2H3. The molecule has 0 unspecified atom stereocenters. The van der Waals surface area contributed by atoms with E-state index in [-0.39, 0.29) is 5.43 Å². The van der Waals surface area contributed by atoms with Gasteiger partial charge in [0.05, 0.1) is 40.7 Å². The molecule has 0 aliphatic rings. The zero-order valence-electron chi connectivity index (χ0n) is 13.2. The molecule has 0 atom stereocenters. The molecule has 0 amide bonds. The molecule has 0 saturated carbocycles. The van der Waals surface area contributed by atoms with Gasteiger partial charge in [-0.2, -0.15) is 5.10 Å². The highest BCUT2D eigenvalue weighted by Crippen LogP contribution is 2.41. The van der Waals surface area contributed by atoms with Crippen molar-refractivity contribution in [3.8, 4) is 11.5 Å². The van der Waals surface area contributed by atoms with Gasteiger partial charge in [-0.05, 0) is 44.0 Å². The van der Waals surface area contributed by atoms with Crippen LogP contribution in [0.25, 0.3) is 27.2 Å². The number of hydrogen-bond acceptors (Lipinski definition) is 4. The van der Waals surface area contributed by atoms with Crippen molar-refractivity contribution < 1.29 is 9.47 Å². The van der Waals surface area contributed by atoms with E-state index in [1.165, 1.54) is 7.11 Å². The molecule has 2 aromatic heterocycles. The summed E-state index contributed by atoms with van der Waals surface area (Å²) in [5.74, 6) is 1.01. The van der Waals surface area contributed by atoms with Gasteiger partial charge in [-0.1, -0.05) is 15.9 Å². The van der Waals surface area contributed by atoms with Gasteiger partial charge in [0.15, 0.2) is 0 Å². The van der Waals surface area contributed by atoms with Gasteiger partial charge in [0.25, 0.3) is 0 Å². The lowest BCUT2D eigenvalue weighted by atomic mass is 10.1. The van der Waals surface area contributed by atoms with E-state index >= 15 is 0 Å². The summed E-state index contributed by atoms with van der Waals surface area (Å²) in [7, 11) is 3.11. The third-order valence-electron chi connectivity index (χ3n) is 4.26. The van der Waals surface area contributed by atoms with Gasteiger partial charge < -0.3 is 9.47 Å². The molecule has 0 spiro atoms. The largest absolute Gasteiger partial charge is 0.495 e. The number of alkyl halides is 1. The predicted molar refractivity (Wildman–Crippen MR) is 109 cm³/mol. The number of pyridine rings is 1. The number of halogens is 3. The van der Waals surface area contributed by atoms with Crippen LogP contribution in [0.5, 0.6) is 11.5 Å². The average molecular weight is 531 g/mol. The second-order valence-corrected chi connectivity index (χ2v) is 7.73. The summed E-state index contributed by atoms with van der Waals surface area (Å²) < 4.78 is 14.2. The van der Waals surface area contributed by atoms with E-state index in [2.05, 4.69) is 47.8 Å². The summed E-state index contributed by atoms with van der Waals surface area (Å²) in [6.45, 7) is 0. The summed E-state index contributed by atoms with van der Waals surface area (Å²) in [5, 5.41) is 7.23. The van der Waals surface area contributed by atoms with E-state index in [1.54, 1.807) is 17.7 Å². The van der Waals surface area contributed by atoms with Crippen molar-refractivity contribution in [2.45, 2.75) is 5.33 Å². The zero-order valence-corrected chi connectivity index (χ0v) is 18.0. The van der Waals surface area contributed by atoms with Gasteiger partial charge in [0.2, 0.25) is 5.43 Å². The second-order valence-electron chi connectivity index (χ2n) is 5.46. The number of nitrogens with zero attached hydrogens (tertiary/aromatic N) is 2. The van der Waals surface area contributed by atoms with Crippen LogP contribution in [-0.4, -0.2) is 23.8 Å². The molecule has 0 N–H and O–H groups in total. The lowest BCUT2D eigenvalue weighted by molar-refractivity contribution is 0.407. The number of rotatable bonds is 3. The van der Waals surface area contributed by atoms with Crippen LogP contribution < -0.4 is 14.9 Å². The minimum atomic E-state index is -0.127. The maximum absolute atomic E-state index is 13.4. The van der Waals surface area contributed by atoms with E-state index in [0.717, 1.165) is 21.1 Å². The molecule has 4 aromatic rings. The second kappa shape index (κ2) is 6.10. The molecule has 8 heteroatoms. The fraction of sp³-hybridized carbons (Fsp3) is 0.176. The first-order valence-corrected chi connectivity index (χ1v) is 9.99. The van der Waals surface area contributed by atoms with Gasteiger partial charge in [-0.15, -0.1) is 0 Å². The minimum Gasteiger partial charge on any atom is -0.495 e. The fourth-order valence-corrected chi connectivity index (χ4v) is 4.70. The van der Waals surface area contributed by atoms with Crippen molar-refractivity contribution in [3.05, 3.63) is 43.1 Å². The van der Waals surface area contributed by atoms with Crippen LogP contribution >= 0.6 is 47.8 Å². The van der Waals surface area contributed by atoms with E-state index in [4.69, 9.17) is 14.6 Å². The molecular weight excluding hydrogens is 520 g/mol. The number of ether oxygens (including phenoxy) is 2. The van der Waals surface area contributed by atoms with Crippen LogP contribution in [0.1, 0.15) is 5.69 Å². The van der Waals surface area contributed by atoms with Gasteiger partial charge in [0.1, 0.15) is 17.0 Å². The molecule has 5 nitrogen and oxygen atoms in total. The molecule has 2 aromatic carbocycles. The first kappa shape index (κ1) is 17.1. The lowest BCUT2D eigenvalue weighted by Gasteiger charge is -2.14. The maximum Gasteiger partial charge on any atom is 0.202 e. The highest BCUT2D eigenvalue weighted by atomic mass is 79.9. The number of fused-ring (bicyclic) bond motifs is 2. The summed E-state index contributed by atoms with van der Waals surface area (Å²) in [4.78, 5) is 13.4. The Morgan fingerprint density at radius 1 is 1.08 bits per heavy atom. The van der Waals surface area contributed by atoms with Crippen LogP contribution in [0.15, 0.2) is 31.9 Å². The van der Waals surface area contributed by atoms with Crippen molar-refractivity contribution in [2.75, 3.05) is 14.2 Å². The van der Waals surface area contributed by atoms with Crippen molar-refractivity contribution >= 4 is 75.0 Å². The van der Waals surface area contributed by atoms with Crippen LogP contribution in [0.3, 0.4) is 0 Å². The summed E-state index contributed by atoms with van der Waals surface area (Å²) in [5.41, 5.74) is 2.09. The Labute approximate surface area is 167 Å². The number of methoxy groups -OCH3 is 2. The highest BCUT2D eigenvalue weighted by Gasteiger charge is 2.24. The van der Waals surface area contributed by atoms with Gasteiger partial charge in [0, 0.05) is 21.3 Å². The first-order valence-electron chi connectivity index (χ1n) is 7.29. The van der Waals surface area contributed by atoms with Gasteiger partial charge >= 0.3 is 0 Å². The van der Waals surface area contributed by atoms with E-state index in [1.807, 2.05) is 12.1 Å².